The number of amides is 1. The number of hydrogen-bond donors (Lipinski definition) is 0. The molecule has 34 heavy (non-hydrogen) atoms. The van der Waals surface area contributed by atoms with Crippen molar-refractivity contribution < 1.29 is 28.6 Å². The number of rotatable bonds is 8. The Morgan fingerprint density at radius 1 is 1.03 bits per heavy atom. The zero-order chi connectivity index (χ0) is 23.9. The number of carbonyl (C=O) groups excluding carboxylic acids is 3. The zero-order valence-corrected chi connectivity index (χ0v) is 19.5. The number of ketones is 1. The van der Waals surface area contributed by atoms with Crippen LogP contribution in [0.1, 0.15) is 34.3 Å². The van der Waals surface area contributed by atoms with E-state index in [1.54, 1.807) is 18.2 Å². The number of fused-ring (bicyclic) bond motifs is 1. The molecule has 0 atom stereocenters. The van der Waals surface area contributed by atoms with Gasteiger partial charge in [-0.2, -0.15) is 4.99 Å². The third-order valence-electron chi connectivity index (χ3n) is 5.13. The zero-order valence-electron chi connectivity index (χ0n) is 18.7. The van der Waals surface area contributed by atoms with E-state index in [0.29, 0.717) is 41.6 Å². The van der Waals surface area contributed by atoms with Crippen LogP contribution >= 0.6 is 11.3 Å². The number of Topliss-reactive ketones (excluding diaryl/α,β-unsaturated/α-hetero) is 1. The Morgan fingerprint density at radius 2 is 1.79 bits per heavy atom. The first-order valence-corrected chi connectivity index (χ1v) is 11.7. The summed E-state index contributed by atoms with van der Waals surface area (Å²) >= 11 is 1.33. The summed E-state index contributed by atoms with van der Waals surface area (Å²) in [4.78, 5) is 41.2. The summed E-state index contributed by atoms with van der Waals surface area (Å²) in [6.45, 7) is 3.03. The van der Waals surface area contributed by atoms with Crippen molar-refractivity contribution in [2.24, 2.45) is 4.99 Å². The summed E-state index contributed by atoms with van der Waals surface area (Å²) in [5, 5.41) is 1.84. The molecule has 3 aromatic rings. The SMILES string of the molecule is Cc1ccc(Cn2ccsc2=NC(=O)COC(=O)CCC(=O)c2ccc3c(c2)OCCO3)cc1. The van der Waals surface area contributed by atoms with Gasteiger partial charge in [0.05, 0.1) is 6.42 Å². The van der Waals surface area contributed by atoms with Gasteiger partial charge >= 0.3 is 5.97 Å². The molecule has 0 spiro atoms. The Balaban J connectivity index is 1.26. The number of carbonyl (C=O) groups is 3. The molecule has 1 aliphatic rings. The van der Waals surface area contributed by atoms with Crippen molar-refractivity contribution in [3.63, 3.8) is 0 Å². The summed E-state index contributed by atoms with van der Waals surface area (Å²) in [5.41, 5.74) is 2.69. The first-order chi connectivity index (χ1) is 16.5. The lowest BCUT2D eigenvalue weighted by Crippen LogP contribution is -2.20. The molecule has 0 saturated heterocycles. The van der Waals surface area contributed by atoms with Gasteiger partial charge in [0.15, 0.2) is 28.7 Å². The molecule has 0 unspecified atom stereocenters. The highest BCUT2D eigenvalue weighted by Crippen LogP contribution is 2.31. The summed E-state index contributed by atoms with van der Waals surface area (Å²) < 4.78 is 17.8. The molecule has 1 aromatic heterocycles. The van der Waals surface area contributed by atoms with Gasteiger partial charge in [-0.05, 0) is 30.7 Å². The molecule has 8 nitrogen and oxygen atoms in total. The Hall–Kier alpha value is -3.72. The number of esters is 1. The van der Waals surface area contributed by atoms with Gasteiger partial charge in [-0.25, -0.2) is 0 Å². The summed E-state index contributed by atoms with van der Waals surface area (Å²) in [6, 6.07) is 13.0. The normalized spacial score (nSPS) is 12.9. The van der Waals surface area contributed by atoms with E-state index in [9.17, 15) is 14.4 Å². The van der Waals surface area contributed by atoms with E-state index in [4.69, 9.17) is 14.2 Å². The quantitative estimate of drug-likeness (QED) is 0.363. The lowest BCUT2D eigenvalue weighted by Gasteiger charge is -2.18. The van der Waals surface area contributed by atoms with Gasteiger partial charge in [0.2, 0.25) is 0 Å². The standard InChI is InChI=1S/C25H24N2O6S/c1-17-2-4-18(5-3-17)15-27-10-13-34-25(27)26-23(29)16-33-24(30)9-7-20(28)19-6-8-21-22(14-19)32-12-11-31-21/h2-6,8,10,13-14H,7,9,11-12,15-16H2,1H3. The lowest BCUT2D eigenvalue weighted by molar-refractivity contribution is -0.147. The number of thiazole rings is 1. The van der Waals surface area contributed by atoms with E-state index in [1.165, 1.54) is 16.9 Å². The second-order valence-electron chi connectivity index (χ2n) is 7.75. The number of nitrogens with zero attached hydrogens (tertiary/aromatic N) is 2. The molecule has 0 aliphatic carbocycles. The van der Waals surface area contributed by atoms with Crippen LogP contribution in [-0.4, -0.2) is 42.0 Å². The van der Waals surface area contributed by atoms with Crippen molar-refractivity contribution in [1.29, 1.82) is 0 Å². The minimum absolute atomic E-state index is 0.0364. The van der Waals surface area contributed by atoms with Crippen LogP contribution in [0, 0.1) is 6.92 Å². The van der Waals surface area contributed by atoms with Crippen molar-refractivity contribution in [2.45, 2.75) is 26.3 Å². The molecule has 176 valence electrons. The van der Waals surface area contributed by atoms with Crippen LogP contribution in [0.3, 0.4) is 0 Å². The maximum atomic E-state index is 12.4. The smallest absolute Gasteiger partial charge is 0.306 e. The van der Waals surface area contributed by atoms with Crippen molar-refractivity contribution in [1.82, 2.24) is 4.57 Å². The largest absolute Gasteiger partial charge is 0.486 e. The fourth-order valence-corrected chi connectivity index (χ4v) is 4.07. The molecule has 0 saturated carbocycles. The van der Waals surface area contributed by atoms with Crippen molar-refractivity contribution >= 4 is 29.0 Å². The highest BCUT2D eigenvalue weighted by molar-refractivity contribution is 7.07. The highest BCUT2D eigenvalue weighted by Gasteiger charge is 2.16. The van der Waals surface area contributed by atoms with Gasteiger partial charge in [0.25, 0.3) is 5.91 Å². The van der Waals surface area contributed by atoms with E-state index in [0.717, 1.165) is 5.56 Å². The second kappa shape index (κ2) is 10.9. The number of benzene rings is 2. The highest BCUT2D eigenvalue weighted by atomic mass is 32.1. The van der Waals surface area contributed by atoms with Crippen LogP contribution in [0.15, 0.2) is 59.0 Å². The van der Waals surface area contributed by atoms with Gasteiger partial charge in [0, 0.05) is 30.1 Å². The van der Waals surface area contributed by atoms with E-state index >= 15 is 0 Å². The predicted octanol–water partition coefficient (Wildman–Crippen LogP) is 3.31. The summed E-state index contributed by atoms with van der Waals surface area (Å²) in [5.74, 6) is -0.309. The van der Waals surface area contributed by atoms with Gasteiger partial charge in [-0.1, -0.05) is 29.8 Å². The van der Waals surface area contributed by atoms with Crippen LogP contribution in [0.4, 0.5) is 0 Å². The maximum Gasteiger partial charge on any atom is 0.306 e. The monoisotopic (exact) mass is 480 g/mol. The third-order valence-corrected chi connectivity index (χ3v) is 5.93. The molecular weight excluding hydrogens is 456 g/mol. The van der Waals surface area contributed by atoms with Crippen LogP contribution in [0.25, 0.3) is 0 Å². The van der Waals surface area contributed by atoms with Gasteiger partial charge < -0.3 is 18.8 Å². The van der Waals surface area contributed by atoms with Crippen LogP contribution in [-0.2, 0) is 20.9 Å². The van der Waals surface area contributed by atoms with Crippen LogP contribution in [0.2, 0.25) is 0 Å². The average molecular weight is 481 g/mol. The first-order valence-electron chi connectivity index (χ1n) is 10.8. The van der Waals surface area contributed by atoms with Crippen LogP contribution in [0.5, 0.6) is 11.5 Å². The molecule has 0 fully saturated rings. The second-order valence-corrected chi connectivity index (χ2v) is 8.62. The fraction of sp³-hybridized carbons (Fsp3) is 0.280. The van der Waals surface area contributed by atoms with Gasteiger partial charge in [-0.15, -0.1) is 11.3 Å². The number of ether oxygens (including phenoxy) is 3. The van der Waals surface area contributed by atoms with Crippen molar-refractivity contribution in [2.75, 3.05) is 19.8 Å². The molecule has 4 rings (SSSR count). The molecule has 1 aliphatic heterocycles. The number of aryl methyl sites for hydroxylation is 1. The Bertz CT molecular complexity index is 1260. The topological polar surface area (TPSA) is 96.2 Å². The minimum Gasteiger partial charge on any atom is -0.486 e. The Labute approximate surface area is 200 Å². The third kappa shape index (κ3) is 6.20. The number of aromatic nitrogens is 1. The van der Waals surface area contributed by atoms with Gasteiger partial charge in [0.1, 0.15) is 13.2 Å². The predicted molar refractivity (Wildman–Crippen MR) is 125 cm³/mol. The number of hydrogen-bond acceptors (Lipinski definition) is 7. The average Bonchev–Trinajstić information content (AvgIpc) is 3.28. The molecular formula is C25H24N2O6S. The molecule has 0 radical (unpaired) electrons. The first kappa shape index (κ1) is 23.4. The van der Waals surface area contributed by atoms with E-state index in [2.05, 4.69) is 4.99 Å². The molecule has 0 bridgehead atoms. The summed E-state index contributed by atoms with van der Waals surface area (Å²) in [6.07, 6.45) is 1.68. The molecule has 1 amide bonds. The van der Waals surface area contributed by atoms with Crippen molar-refractivity contribution in [3.05, 3.63) is 75.5 Å². The molecule has 2 aromatic carbocycles. The van der Waals surface area contributed by atoms with Crippen LogP contribution < -0.4 is 14.3 Å². The lowest BCUT2D eigenvalue weighted by atomic mass is 10.1. The van der Waals surface area contributed by atoms with E-state index in [1.807, 2.05) is 47.3 Å². The van der Waals surface area contributed by atoms with E-state index in [-0.39, 0.29) is 18.6 Å². The summed E-state index contributed by atoms with van der Waals surface area (Å²) in [7, 11) is 0. The molecule has 2 heterocycles. The maximum absolute atomic E-state index is 12.4. The van der Waals surface area contributed by atoms with Crippen molar-refractivity contribution in [3.8, 4) is 11.5 Å². The van der Waals surface area contributed by atoms with E-state index < -0.39 is 18.5 Å². The molecule has 9 heteroatoms. The minimum atomic E-state index is -0.631. The molecule has 0 N–H and O–H groups in total. The Morgan fingerprint density at radius 3 is 2.59 bits per heavy atom. The Kier molecular flexibility index (Phi) is 7.54. The fourth-order valence-electron chi connectivity index (χ4n) is 3.33. The van der Waals surface area contributed by atoms with Gasteiger partial charge in [-0.3, -0.25) is 14.4 Å².